The molecule has 0 aliphatic rings. The van der Waals surface area contributed by atoms with Crippen LogP contribution in [-0.4, -0.2) is 11.1 Å². The predicted octanol–water partition coefficient (Wildman–Crippen LogP) is 4.10. The number of benzene rings is 1. The molecule has 0 saturated carbocycles. The van der Waals surface area contributed by atoms with Gasteiger partial charge in [0.2, 0.25) is 0 Å². The molecule has 1 aromatic heterocycles. The van der Waals surface area contributed by atoms with Crippen LogP contribution in [0.25, 0.3) is 0 Å². The van der Waals surface area contributed by atoms with Gasteiger partial charge < -0.3 is 9.84 Å². The van der Waals surface area contributed by atoms with E-state index in [0.29, 0.717) is 23.4 Å². The molecule has 1 N–H and O–H groups in total. The normalized spacial score (nSPS) is 11.5. The highest BCUT2D eigenvalue weighted by atomic mass is 16.5. The Labute approximate surface area is 125 Å². The summed E-state index contributed by atoms with van der Waals surface area (Å²) in [6, 6.07) is 7.92. The fraction of sp³-hybridized carbons (Fsp3) is 0.412. The number of hydrogen-bond acceptors (Lipinski definition) is 3. The number of hydrogen-bond donors (Lipinski definition) is 1. The van der Waals surface area contributed by atoms with Crippen LogP contribution in [0.3, 0.4) is 0 Å². The van der Waals surface area contributed by atoms with E-state index in [-0.39, 0.29) is 11.3 Å². The monoisotopic (exact) mass is 286 g/mol. The van der Waals surface area contributed by atoms with Crippen molar-refractivity contribution in [3.05, 3.63) is 46.8 Å². The molecule has 1 heterocycles. The zero-order valence-electron chi connectivity index (χ0n) is 13.3. The van der Waals surface area contributed by atoms with Crippen molar-refractivity contribution in [2.75, 3.05) is 5.32 Å². The van der Waals surface area contributed by atoms with Crippen molar-refractivity contribution in [3.8, 4) is 0 Å². The summed E-state index contributed by atoms with van der Waals surface area (Å²) >= 11 is 0. The third-order valence-corrected chi connectivity index (χ3v) is 3.50. The standard InChI is InChI=1S/C17H22N2O2/c1-6-14-15(11(2)21-19-14)16(20)18-13-9-7-12(8-10-13)17(3,4)5/h7-10H,6H2,1-5H3,(H,18,20). The van der Waals surface area contributed by atoms with Gasteiger partial charge in [-0.05, 0) is 36.5 Å². The van der Waals surface area contributed by atoms with Gasteiger partial charge in [-0.2, -0.15) is 0 Å². The van der Waals surface area contributed by atoms with Crippen LogP contribution in [0.1, 0.15) is 55.1 Å². The number of nitrogens with one attached hydrogen (secondary N) is 1. The number of aryl methyl sites for hydroxylation is 2. The Hall–Kier alpha value is -2.10. The van der Waals surface area contributed by atoms with Gasteiger partial charge in [0.1, 0.15) is 11.3 Å². The van der Waals surface area contributed by atoms with Crippen LogP contribution >= 0.6 is 0 Å². The number of nitrogens with zero attached hydrogens (tertiary/aromatic N) is 1. The molecule has 1 aromatic carbocycles. The lowest BCUT2D eigenvalue weighted by Gasteiger charge is -2.19. The number of anilines is 1. The molecule has 4 nitrogen and oxygen atoms in total. The average molecular weight is 286 g/mol. The second-order valence-electron chi connectivity index (χ2n) is 6.20. The molecule has 0 spiro atoms. The highest BCUT2D eigenvalue weighted by molar-refractivity contribution is 6.05. The summed E-state index contributed by atoms with van der Waals surface area (Å²) in [5, 5.41) is 6.81. The molecular formula is C17H22N2O2. The van der Waals surface area contributed by atoms with Crippen molar-refractivity contribution in [3.63, 3.8) is 0 Å². The molecule has 21 heavy (non-hydrogen) atoms. The average Bonchev–Trinajstić information content (AvgIpc) is 2.79. The molecule has 0 aliphatic carbocycles. The van der Waals surface area contributed by atoms with Gasteiger partial charge in [-0.15, -0.1) is 0 Å². The first-order chi connectivity index (χ1) is 9.82. The van der Waals surface area contributed by atoms with Crippen molar-refractivity contribution in [1.29, 1.82) is 0 Å². The van der Waals surface area contributed by atoms with Crippen LogP contribution in [0.15, 0.2) is 28.8 Å². The number of rotatable bonds is 3. The van der Waals surface area contributed by atoms with E-state index >= 15 is 0 Å². The summed E-state index contributed by atoms with van der Waals surface area (Å²) in [6.45, 7) is 10.2. The Morgan fingerprint density at radius 1 is 1.24 bits per heavy atom. The molecule has 0 fully saturated rings. The third kappa shape index (κ3) is 3.32. The fourth-order valence-corrected chi connectivity index (χ4v) is 2.20. The smallest absolute Gasteiger partial charge is 0.261 e. The van der Waals surface area contributed by atoms with Crippen molar-refractivity contribution >= 4 is 11.6 Å². The zero-order valence-corrected chi connectivity index (χ0v) is 13.3. The first-order valence-corrected chi connectivity index (χ1v) is 7.20. The Kier molecular flexibility index (Phi) is 4.16. The van der Waals surface area contributed by atoms with E-state index in [2.05, 4.69) is 31.2 Å². The Balaban J connectivity index is 2.18. The molecular weight excluding hydrogens is 264 g/mol. The summed E-state index contributed by atoms with van der Waals surface area (Å²) in [7, 11) is 0. The highest BCUT2D eigenvalue weighted by Crippen LogP contribution is 2.24. The minimum Gasteiger partial charge on any atom is -0.361 e. The van der Waals surface area contributed by atoms with Crippen molar-refractivity contribution in [1.82, 2.24) is 5.16 Å². The SMILES string of the molecule is CCc1noc(C)c1C(=O)Nc1ccc(C(C)(C)C)cc1. The Bertz CT molecular complexity index is 634. The first kappa shape index (κ1) is 15.3. The molecule has 2 rings (SSSR count). The molecule has 0 bridgehead atoms. The summed E-state index contributed by atoms with van der Waals surface area (Å²) in [4.78, 5) is 12.3. The van der Waals surface area contributed by atoms with E-state index in [4.69, 9.17) is 4.52 Å². The van der Waals surface area contributed by atoms with Gasteiger partial charge in [0, 0.05) is 5.69 Å². The van der Waals surface area contributed by atoms with Crippen LogP contribution in [0.4, 0.5) is 5.69 Å². The van der Waals surface area contributed by atoms with Gasteiger partial charge >= 0.3 is 0 Å². The lowest BCUT2D eigenvalue weighted by atomic mass is 9.87. The van der Waals surface area contributed by atoms with E-state index < -0.39 is 0 Å². The predicted molar refractivity (Wildman–Crippen MR) is 83.7 cm³/mol. The van der Waals surface area contributed by atoms with Crippen LogP contribution in [0.5, 0.6) is 0 Å². The quantitative estimate of drug-likeness (QED) is 0.924. The summed E-state index contributed by atoms with van der Waals surface area (Å²) in [5.74, 6) is 0.379. The molecule has 0 saturated heterocycles. The first-order valence-electron chi connectivity index (χ1n) is 7.20. The molecule has 0 atom stereocenters. The number of amides is 1. The van der Waals surface area contributed by atoms with Crippen LogP contribution in [0.2, 0.25) is 0 Å². The maximum atomic E-state index is 12.3. The minimum absolute atomic E-state index is 0.100. The van der Waals surface area contributed by atoms with Gasteiger partial charge in [-0.3, -0.25) is 4.79 Å². The third-order valence-electron chi connectivity index (χ3n) is 3.50. The maximum absolute atomic E-state index is 12.3. The summed E-state index contributed by atoms with van der Waals surface area (Å²) < 4.78 is 5.10. The Morgan fingerprint density at radius 3 is 2.38 bits per heavy atom. The largest absolute Gasteiger partial charge is 0.361 e. The number of carbonyl (C=O) groups is 1. The van der Waals surface area contributed by atoms with Crippen LogP contribution in [-0.2, 0) is 11.8 Å². The van der Waals surface area contributed by atoms with Crippen molar-refractivity contribution < 1.29 is 9.32 Å². The maximum Gasteiger partial charge on any atom is 0.261 e. The second kappa shape index (κ2) is 5.72. The van der Waals surface area contributed by atoms with Gasteiger partial charge in [0.05, 0.1) is 5.69 Å². The van der Waals surface area contributed by atoms with Crippen molar-refractivity contribution in [2.24, 2.45) is 0 Å². The molecule has 0 aliphatic heterocycles. The summed E-state index contributed by atoms with van der Waals surface area (Å²) in [6.07, 6.45) is 0.670. The highest BCUT2D eigenvalue weighted by Gasteiger charge is 2.19. The molecule has 0 radical (unpaired) electrons. The lowest BCUT2D eigenvalue weighted by Crippen LogP contribution is -2.15. The van der Waals surface area contributed by atoms with Gasteiger partial charge in [-0.1, -0.05) is 45.0 Å². The minimum atomic E-state index is -0.172. The second-order valence-corrected chi connectivity index (χ2v) is 6.20. The fourth-order valence-electron chi connectivity index (χ4n) is 2.20. The number of carbonyl (C=O) groups excluding carboxylic acids is 1. The van der Waals surface area contributed by atoms with E-state index in [9.17, 15) is 4.79 Å². The summed E-state index contributed by atoms with van der Waals surface area (Å²) in [5.41, 5.74) is 3.34. The Morgan fingerprint density at radius 2 is 1.86 bits per heavy atom. The molecule has 4 heteroatoms. The molecule has 2 aromatic rings. The molecule has 0 unspecified atom stereocenters. The van der Waals surface area contributed by atoms with E-state index in [0.717, 1.165) is 5.69 Å². The topological polar surface area (TPSA) is 55.1 Å². The van der Waals surface area contributed by atoms with Gasteiger partial charge in [-0.25, -0.2) is 0 Å². The lowest BCUT2D eigenvalue weighted by molar-refractivity contribution is 0.102. The number of aromatic nitrogens is 1. The van der Waals surface area contributed by atoms with E-state index in [1.54, 1.807) is 6.92 Å². The van der Waals surface area contributed by atoms with Gasteiger partial charge in [0.25, 0.3) is 5.91 Å². The van der Waals surface area contributed by atoms with Crippen molar-refractivity contribution in [2.45, 2.75) is 46.5 Å². The molecule has 112 valence electrons. The van der Waals surface area contributed by atoms with Crippen LogP contribution in [0, 0.1) is 6.92 Å². The van der Waals surface area contributed by atoms with Crippen LogP contribution < -0.4 is 5.32 Å². The van der Waals surface area contributed by atoms with E-state index in [1.165, 1.54) is 5.56 Å². The molecule has 1 amide bonds. The van der Waals surface area contributed by atoms with E-state index in [1.807, 2.05) is 31.2 Å². The van der Waals surface area contributed by atoms with Gasteiger partial charge in [0.15, 0.2) is 0 Å². The zero-order chi connectivity index (χ0) is 15.6.